The van der Waals surface area contributed by atoms with Gasteiger partial charge in [-0.25, -0.2) is 4.39 Å². The van der Waals surface area contributed by atoms with Crippen molar-refractivity contribution < 1.29 is 9.18 Å². The molecule has 21 heavy (non-hydrogen) atoms. The van der Waals surface area contributed by atoms with Crippen molar-refractivity contribution in [3.8, 4) is 0 Å². The number of anilines is 2. The topological polar surface area (TPSA) is 58.4 Å². The lowest BCUT2D eigenvalue weighted by molar-refractivity contribution is -0.115. The number of para-hydroxylation sites is 2. The van der Waals surface area contributed by atoms with Gasteiger partial charge in [-0.15, -0.1) is 0 Å². The van der Waals surface area contributed by atoms with Crippen LogP contribution in [0.25, 0.3) is 0 Å². The van der Waals surface area contributed by atoms with Crippen molar-refractivity contribution in [2.24, 2.45) is 5.73 Å². The maximum atomic E-state index is 13.3. The molecular formula is C16H16FN3O. The summed E-state index contributed by atoms with van der Waals surface area (Å²) in [6.07, 6.45) is 0. The summed E-state index contributed by atoms with van der Waals surface area (Å²) in [5.41, 5.74) is 9.14. The molecule has 0 bridgehead atoms. The van der Waals surface area contributed by atoms with Crippen molar-refractivity contribution in [3.63, 3.8) is 0 Å². The smallest absolute Gasteiger partial charge is 0.243 e. The van der Waals surface area contributed by atoms with Crippen LogP contribution in [0.4, 0.5) is 15.8 Å². The van der Waals surface area contributed by atoms with E-state index in [2.05, 4.69) is 5.32 Å². The fourth-order valence-electron chi connectivity index (χ4n) is 2.59. The van der Waals surface area contributed by atoms with Gasteiger partial charge in [0.05, 0.1) is 17.9 Å². The first-order chi connectivity index (χ1) is 10.2. The van der Waals surface area contributed by atoms with Crippen LogP contribution in [-0.2, 0) is 17.9 Å². The normalized spacial score (nSPS) is 13.8. The van der Waals surface area contributed by atoms with Crippen molar-refractivity contribution in [3.05, 3.63) is 59.4 Å². The number of hydrogen-bond donors (Lipinski definition) is 2. The molecule has 0 fully saturated rings. The highest BCUT2D eigenvalue weighted by Crippen LogP contribution is 2.30. The third-order valence-corrected chi connectivity index (χ3v) is 3.60. The number of amides is 1. The summed E-state index contributed by atoms with van der Waals surface area (Å²) in [7, 11) is 0. The zero-order chi connectivity index (χ0) is 14.8. The van der Waals surface area contributed by atoms with E-state index in [9.17, 15) is 9.18 Å². The van der Waals surface area contributed by atoms with Gasteiger partial charge in [0.15, 0.2) is 0 Å². The SMILES string of the molecule is NCc1cc(F)ccc1CN1CC(=O)Nc2ccccc21. The van der Waals surface area contributed by atoms with Gasteiger partial charge in [0.2, 0.25) is 5.91 Å². The first kappa shape index (κ1) is 13.6. The molecule has 3 N–H and O–H groups in total. The molecule has 1 aliphatic rings. The number of benzene rings is 2. The number of fused-ring (bicyclic) bond motifs is 1. The standard InChI is InChI=1S/C16H16FN3O/c17-13-6-5-11(12(7-13)8-18)9-20-10-16(21)19-14-3-1-2-4-15(14)20/h1-7H,8-10,18H2,(H,19,21). The van der Waals surface area contributed by atoms with E-state index in [0.29, 0.717) is 6.54 Å². The summed E-state index contributed by atoms with van der Waals surface area (Å²) >= 11 is 0. The van der Waals surface area contributed by atoms with Gasteiger partial charge in [0, 0.05) is 13.1 Å². The van der Waals surface area contributed by atoms with Crippen LogP contribution in [0.2, 0.25) is 0 Å². The average Bonchev–Trinajstić information content (AvgIpc) is 2.48. The number of hydrogen-bond acceptors (Lipinski definition) is 3. The predicted molar refractivity (Wildman–Crippen MR) is 80.4 cm³/mol. The lowest BCUT2D eigenvalue weighted by atomic mass is 10.1. The Bertz CT molecular complexity index is 687. The molecule has 2 aromatic rings. The van der Waals surface area contributed by atoms with E-state index in [1.165, 1.54) is 12.1 Å². The molecule has 4 nitrogen and oxygen atoms in total. The molecule has 1 heterocycles. The van der Waals surface area contributed by atoms with E-state index in [1.54, 1.807) is 6.07 Å². The number of nitrogens with two attached hydrogens (primary N) is 1. The molecule has 0 aliphatic carbocycles. The highest BCUT2D eigenvalue weighted by atomic mass is 19.1. The van der Waals surface area contributed by atoms with E-state index in [4.69, 9.17) is 5.73 Å². The van der Waals surface area contributed by atoms with E-state index < -0.39 is 0 Å². The Labute approximate surface area is 122 Å². The summed E-state index contributed by atoms with van der Waals surface area (Å²) in [6.45, 7) is 1.07. The van der Waals surface area contributed by atoms with Crippen molar-refractivity contribution in [1.29, 1.82) is 0 Å². The molecule has 2 aromatic carbocycles. The van der Waals surface area contributed by atoms with E-state index >= 15 is 0 Å². The van der Waals surface area contributed by atoms with Crippen LogP contribution < -0.4 is 16.0 Å². The first-order valence-electron chi connectivity index (χ1n) is 6.78. The maximum Gasteiger partial charge on any atom is 0.243 e. The van der Waals surface area contributed by atoms with Crippen LogP contribution in [-0.4, -0.2) is 12.5 Å². The molecule has 108 valence electrons. The van der Waals surface area contributed by atoms with Crippen LogP contribution in [0.5, 0.6) is 0 Å². The number of nitrogens with one attached hydrogen (secondary N) is 1. The Morgan fingerprint density at radius 2 is 2.00 bits per heavy atom. The minimum Gasteiger partial charge on any atom is -0.356 e. The predicted octanol–water partition coefficient (Wildman–Crippen LogP) is 2.24. The summed E-state index contributed by atoms with van der Waals surface area (Å²) in [5, 5.41) is 2.85. The molecule has 0 unspecified atom stereocenters. The molecule has 0 radical (unpaired) electrons. The van der Waals surface area contributed by atoms with Gasteiger partial charge in [-0.1, -0.05) is 18.2 Å². The van der Waals surface area contributed by atoms with Crippen molar-refractivity contribution >= 4 is 17.3 Å². The average molecular weight is 285 g/mol. The number of rotatable bonds is 3. The molecular weight excluding hydrogens is 269 g/mol. The van der Waals surface area contributed by atoms with Crippen LogP contribution in [0.15, 0.2) is 42.5 Å². The number of carbonyl (C=O) groups is 1. The molecule has 3 rings (SSSR count). The van der Waals surface area contributed by atoms with Gasteiger partial charge >= 0.3 is 0 Å². The van der Waals surface area contributed by atoms with Crippen LogP contribution in [0.3, 0.4) is 0 Å². The zero-order valence-corrected chi connectivity index (χ0v) is 11.5. The fraction of sp³-hybridized carbons (Fsp3) is 0.188. The monoisotopic (exact) mass is 285 g/mol. The molecule has 0 saturated heterocycles. The van der Waals surface area contributed by atoms with E-state index in [1.807, 2.05) is 29.2 Å². The second-order valence-corrected chi connectivity index (χ2v) is 5.04. The number of halogens is 1. The summed E-state index contributed by atoms with van der Waals surface area (Å²) < 4.78 is 13.3. The lowest BCUT2D eigenvalue weighted by Crippen LogP contribution is -2.37. The Morgan fingerprint density at radius 3 is 2.81 bits per heavy atom. The van der Waals surface area contributed by atoms with Gasteiger partial charge < -0.3 is 16.0 Å². The molecule has 5 heteroatoms. The molecule has 0 aromatic heterocycles. The third kappa shape index (κ3) is 2.73. The van der Waals surface area contributed by atoms with Gasteiger partial charge in [0.1, 0.15) is 5.82 Å². The second kappa shape index (κ2) is 5.54. The Morgan fingerprint density at radius 1 is 1.19 bits per heavy atom. The van der Waals surface area contributed by atoms with Crippen LogP contribution in [0, 0.1) is 5.82 Å². The highest BCUT2D eigenvalue weighted by Gasteiger charge is 2.22. The first-order valence-corrected chi connectivity index (χ1v) is 6.78. The van der Waals surface area contributed by atoms with Crippen LogP contribution >= 0.6 is 0 Å². The van der Waals surface area contributed by atoms with Crippen LogP contribution in [0.1, 0.15) is 11.1 Å². The third-order valence-electron chi connectivity index (χ3n) is 3.60. The molecule has 0 spiro atoms. The fourth-order valence-corrected chi connectivity index (χ4v) is 2.59. The molecule has 0 atom stereocenters. The lowest BCUT2D eigenvalue weighted by Gasteiger charge is -2.31. The van der Waals surface area contributed by atoms with E-state index in [-0.39, 0.29) is 24.8 Å². The largest absolute Gasteiger partial charge is 0.356 e. The van der Waals surface area contributed by atoms with Crippen molar-refractivity contribution in [2.75, 3.05) is 16.8 Å². The van der Waals surface area contributed by atoms with Gasteiger partial charge in [0.25, 0.3) is 0 Å². The van der Waals surface area contributed by atoms with Gasteiger partial charge in [-0.05, 0) is 35.4 Å². The Balaban J connectivity index is 1.93. The van der Waals surface area contributed by atoms with Crippen molar-refractivity contribution in [2.45, 2.75) is 13.1 Å². The molecule has 0 saturated carbocycles. The molecule has 1 aliphatic heterocycles. The quantitative estimate of drug-likeness (QED) is 0.909. The highest BCUT2D eigenvalue weighted by molar-refractivity contribution is 6.01. The number of nitrogens with zero attached hydrogens (tertiary/aromatic N) is 1. The maximum absolute atomic E-state index is 13.3. The molecule has 1 amide bonds. The van der Waals surface area contributed by atoms with E-state index in [0.717, 1.165) is 22.5 Å². The van der Waals surface area contributed by atoms with Crippen molar-refractivity contribution in [1.82, 2.24) is 0 Å². The minimum atomic E-state index is -0.295. The Hall–Kier alpha value is -2.40. The minimum absolute atomic E-state index is 0.0508. The number of carbonyl (C=O) groups excluding carboxylic acids is 1. The van der Waals surface area contributed by atoms with Gasteiger partial charge in [-0.2, -0.15) is 0 Å². The summed E-state index contributed by atoms with van der Waals surface area (Å²) in [6, 6.07) is 12.2. The van der Waals surface area contributed by atoms with Gasteiger partial charge in [-0.3, -0.25) is 4.79 Å². The Kier molecular flexibility index (Phi) is 3.58. The summed E-state index contributed by atoms with van der Waals surface area (Å²) in [4.78, 5) is 13.8. The zero-order valence-electron chi connectivity index (χ0n) is 11.5. The summed E-state index contributed by atoms with van der Waals surface area (Å²) in [5.74, 6) is -0.346. The second-order valence-electron chi connectivity index (χ2n) is 5.04.